The van der Waals surface area contributed by atoms with Gasteiger partial charge in [0.2, 0.25) is 5.91 Å². The van der Waals surface area contributed by atoms with Gasteiger partial charge in [0.05, 0.1) is 18.5 Å². The molecule has 132 valence electrons. The molecule has 2 rings (SSSR count). The van der Waals surface area contributed by atoms with E-state index in [0.29, 0.717) is 12.1 Å². The Morgan fingerprint density at radius 2 is 1.88 bits per heavy atom. The van der Waals surface area contributed by atoms with E-state index in [1.165, 1.54) is 11.0 Å². The van der Waals surface area contributed by atoms with Crippen LogP contribution >= 0.6 is 0 Å². The number of nitrogens with zero attached hydrogens (tertiary/aromatic N) is 2. The second-order valence-corrected chi connectivity index (χ2v) is 5.77. The molecule has 0 spiro atoms. The first-order valence-corrected chi connectivity index (χ1v) is 7.75. The molecule has 0 saturated heterocycles. The van der Waals surface area contributed by atoms with Gasteiger partial charge in [-0.05, 0) is 29.8 Å². The average molecular weight is 343 g/mol. The van der Waals surface area contributed by atoms with Gasteiger partial charge in [-0.25, -0.2) is 0 Å². The molecule has 1 amide bonds. The Kier molecular flexibility index (Phi) is 5.94. The number of carbonyl (C=O) groups excluding carboxylic acids is 1. The van der Waals surface area contributed by atoms with Crippen LogP contribution < -0.4 is 10.1 Å². The van der Waals surface area contributed by atoms with Crippen LogP contribution in [0.4, 0.5) is 11.4 Å². The van der Waals surface area contributed by atoms with Crippen molar-refractivity contribution in [2.24, 2.45) is 0 Å². The van der Waals surface area contributed by atoms with Gasteiger partial charge in [-0.15, -0.1) is 0 Å². The number of benzene rings is 2. The Balaban J connectivity index is 2.14. The number of hydrogen-bond donors (Lipinski definition) is 1. The van der Waals surface area contributed by atoms with Crippen LogP contribution in [0.3, 0.4) is 0 Å². The summed E-state index contributed by atoms with van der Waals surface area (Å²) in [4.78, 5) is 24.0. The zero-order valence-electron chi connectivity index (χ0n) is 14.5. The Labute approximate surface area is 146 Å². The Morgan fingerprint density at radius 1 is 1.20 bits per heavy atom. The lowest BCUT2D eigenvalue weighted by atomic mass is 10.1. The first-order valence-electron chi connectivity index (χ1n) is 7.75. The van der Waals surface area contributed by atoms with Gasteiger partial charge in [0.25, 0.3) is 5.69 Å². The Bertz CT molecular complexity index is 757. The molecule has 0 aromatic heterocycles. The zero-order valence-corrected chi connectivity index (χ0v) is 14.5. The monoisotopic (exact) mass is 343 g/mol. The number of hydrogen-bond acceptors (Lipinski definition) is 5. The number of rotatable bonds is 7. The van der Waals surface area contributed by atoms with E-state index in [0.717, 1.165) is 17.0 Å². The first kappa shape index (κ1) is 18.3. The smallest absolute Gasteiger partial charge is 0.273 e. The highest BCUT2D eigenvalue weighted by Crippen LogP contribution is 2.24. The maximum atomic E-state index is 11.9. The van der Waals surface area contributed by atoms with Crippen LogP contribution in [0.15, 0.2) is 42.5 Å². The van der Waals surface area contributed by atoms with Gasteiger partial charge < -0.3 is 15.0 Å². The summed E-state index contributed by atoms with van der Waals surface area (Å²) in [5, 5.41) is 14.4. The summed E-state index contributed by atoms with van der Waals surface area (Å²) >= 11 is 0. The number of nitrogens with one attached hydrogen (secondary N) is 1. The van der Waals surface area contributed by atoms with Gasteiger partial charge in [0, 0.05) is 38.0 Å². The molecule has 2 aromatic carbocycles. The van der Waals surface area contributed by atoms with Crippen LogP contribution in [0.1, 0.15) is 11.1 Å². The number of carbonyl (C=O) groups is 1. The van der Waals surface area contributed by atoms with Gasteiger partial charge >= 0.3 is 0 Å². The number of nitro groups is 1. The number of methoxy groups -OCH3 is 1. The number of amides is 1. The third-order valence-electron chi connectivity index (χ3n) is 3.77. The molecule has 7 nitrogen and oxygen atoms in total. The van der Waals surface area contributed by atoms with E-state index in [4.69, 9.17) is 4.74 Å². The fraction of sp³-hybridized carbons (Fsp3) is 0.278. The number of anilines is 1. The topological polar surface area (TPSA) is 84.7 Å². The Morgan fingerprint density at radius 3 is 2.44 bits per heavy atom. The molecule has 7 heteroatoms. The van der Waals surface area contributed by atoms with Crippen molar-refractivity contribution < 1.29 is 14.5 Å². The molecular formula is C18H21N3O4. The summed E-state index contributed by atoms with van der Waals surface area (Å²) in [7, 11) is 4.86. The lowest BCUT2D eigenvalue weighted by molar-refractivity contribution is -0.385. The highest BCUT2D eigenvalue weighted by Gasteiger charge is 2.18. The molecule has 0 unspecified atom stereocenters. The molecule has 1 N–H and O–H groups in total. The van der Waals surface area contributed by atoms with Crippen LogP contribution in [0.2, 0.25) is 0 Å². The van der Waals surface area contributed by atoms with Crippen molar-refractivity contribution >= 4 is 17.3 Å². The maximum absolute atomic E-state index is 11.9. The lowest BCUT2D eigenvalue weighted by Crippen LogP contribution is -2.23. The summed E-state index contributed by atoms with van der Waals surface area (Å²) in [6.45, 7) is 0.558. The van der Waals surface area contributed by atoms with Crippen molar-refractivity contribution in [2.45, 2.75) is 13.0 Å². The molecule has 0 aliphatic carbocycles. The van der Waals surface area contributed by atoms with Crippen LogP contribution in [0, 0.1) is 10.1 Å². The minimum absolute atomic E-state index is 0.0125. The van der Waals surface area contributed by atoms with E-state index in [1.807, 2.05) is 24.3 Å². The molecule has 0 aliphatic heterocycles. The van der Waals surface area contributed by atoms with Crippen molar-refractivity contribution in [1.29, 1.82) is 0 Å². The lowest BCUT2D eigenvalue weighted by Gasteiger charge is -2.12. The van der Waals surface area contributed by atoms with E-state index in [-0.39, 0.29) is 18.0 Å². The van der Waals surface area contributed by atoms with Crippen LogP contribution in [0.5, 0.6) is 5.75 Å². The Hall–Kier alpha value is -3.09. The van der Waals surface area contributed by atoms with Crippen molar-refractivity contribution in [1.82, 2.24) is 4.90 Å². The maximum Gasteiger partial charge on any atom is 0.273 e. The van der Waals surface area contributed by atoms with Gasteiger partial charge in [-0.3, -0.25) is 14.9 Å². The van der Waals surface area contributed by atoms with Crippen molar-refractivity contribution in [3.05, 3.63) is 63.7 Å². The largest absolute Gasteiger partial charge is 0.497 e. The van der Waals surface area contributed by atoms with E-state index in [2.05, 4.69) is 5.32 Å². The molecule has 0 fully saturated rings. The summed E-state index contributed by atoms with van der Waals surface area (Å²) in [6.07, 6.45) is -0.0125. The summed E-state index contributed by atoms with van der Waals surface area (Å²) in [5.41, 5.74) is 2.11. The second-order valence-electron chi connectivity index (χ2n) is 5.77. The van der Waals surface area contributed by atoms with E-state index < -0.39 is 4.92 Å². The molecule has 0 saturated carbocycles. The van der Waals surface area contributed by atoms with E-state index >= 15 is 0 Å². The third kappa shape index (κ3) is 4.94. The second kappa shape index (κ2) is 8.14. The van der Waals surface area contributed by atoms with Crippen molar-refractivity contribution in [2.75, 3.05) is 26.5 Å². The SMILES string of the molecule is COc1ccc(CNc2ccc([N+](=O)[O-])c(CC(=O)N(C)C)c2)cc1. The first-order chi connectivity index (χ1) is 11.9. The number of nitro benzene ring substituents is 1. The summed E-state index contributed by atoms with van der Waals surface area (Å²) in [6, 6.07) is 12.3. The summed E-state index contributed by atoms with van der Waals surface area (Å²) < 4.78 is 5.12. The number of ether oxygens (including phenoxy) is 1. The van der Waals surface area contributed by atoms with Gasteiger partial charge in [-0.2, -0.15) is 0 Å². The number of likely N-dealkylation sites (N-methyl/N-ethyl adjacent to an activating group) is 1. The average Bonchev–Trinajstić information content (AvgIpc) is 2.60. The van der Waals surface area contributed by atoms with Gasteiger partial charge in [0.15, 0.2) is 0 Å². The highest BCUT2D eigenvalue weighted by molar-refractivity contribution is 5.80. The summed E-state index contributed by atoms with van der Waals surface area (Å²) in [5.74, 6) is 0.596. The molecular weight excluding hydrogens is 322 g/mol. The molecule has 0 aliphatic rings. The van der Waals surface area contributed by atoms with Crippen molar-refractivity contribution in [3.63, 3.8) is 0 Å². The molecule has 0 heterocycles. The normalized spacial score (nSPS) is 10.2. The predicted octanol–water partition coefficient (Wildman–Crippen LogP) is 2.85. The van der Waals surface area contributed by atoms with Crippen LogP contribution in [0.25, 0.3) is 0 Å². The molecule has 2 aromatic rings. The van der Waals surface area contributed by atoms with Crippen LogP contribution in [-0.4, -0.2) is 36.9 Å². The quantitative estimate of drug-likeness (QED) is 0.617. The highest BCUT2D eigenvalue weighted by atomic mass is 16.6. The molecule has 0 radical (unpaired) electrons. The minimum Gasteiger partial charge on any atom is -0.497 e. The van der Waals surface area contributed by atoms with Crippen molar-refractivity contribution in [3.8, 4) is 5.75 Å². The van der Waals surface area contributed by atoms with Gasteiger partial charge in [-0.1, -0.05) is 12.1 Å². The fourth-order valence-corrected chi connectivity index (χ4v) is 2.28. The standard InChI is InChI=1S/C18H21N3O4/c1-20(2)18(22)11-14-10-15(6-9-17(14)21(23)24)19-12-13-4-7-16(25-3)8-5-13/h4-10,19H,11-12H2,1-3H3. The predicted molar refractivity (Wildman–Crippen MR) is 95.8 cm³/mol. The van der Waals surface area contributed by atoms with Crippen LogP contribution in [-0.2, 0) is 17.8 Å². The van der Waals surface area contributed by atoms with E-state index in [1.54, 1.807) is 33.3 Å². The molecule has 25 heavy (non-hydrogen) atoms. The molecule has 0 atom stereocenters. The molecule has 0 bridgehead atoms. The van der Waals surface area contributed by atoms with Gasteiger partial charge in [0.1, 0.15) is 5.75 Å². The third-order valence-corrected chi connectivity index (χ3v) is 3.77. The zero-order chi connectivity index (χ0) is 18.4. The minimum atomic E-state index is -0.467. The fourth-order valence-electron chi connectivity index (χ4n) is 2.28. The van der Waals surface area contributed by atoms with E-state index in [9.17, 15) is 14.9 Å².